The van der Waals surface area contributed by atoms with Crippen LogP contribution in [0.2, 0.25) is 0 Å². The molecule has 16 heavy (non-hydrogen) atoms. The van der Waals surface area contributed by atoms with Crippen LogP contribution < -0.4 is 0 Å². The van der Waals surface area contributed by atoms with Crippen molar-refractivity contribution in [2.24, 2.45) is 0 Å². The van der Waals surface area contributed by atoms with Crippen LogP contribution in [0.4, 0.5) is 0 Å². The largest absolute Gasteiger partial charge is 0.340 e. The van der Waals surface area contributed by atoms with Crippen molar-refractivity contribution in [3.63, 3.8) is 0 Å². The first-order chi connectivity index (χ1) is 7.42. The third-order valence-electron chi connectivity index (χ3n) is 3.12. The van der Waals surface area contributed by atoms with Crippen LogP contribution in [-0.2, 0) is 4.79 Å². The average molecular weight is 244 g/mol. The second kappa shape index (κ2) is 5.92. The predicted octanol–water partition coefficient (Wildman–Crippen LogP) is 1.64. The summed E-state index contributed by atoms with van der Waals surface area (Å²) in [6, 6.07) is 0. The minimum absolute atomic E-state index is 0.0408. The topological polar surface area (TPSA) is 23.6 Å². The van der Waals surface area contributed by atoms with E-state index in [-0.39, 0.29) is 10.7 Å². The average Bonchev–Trinajstić information content (AvgIpc) is 2.25. The lowest BCUT2D eigenvalue weighted by atomic mass is 10.1. The molecule has 0 aromatic carbocycles. The van der Waals surface area contributed by atoms with Crippen LogP contribution in [0.3, 0.4) is 0 Å². The molecule has 0 spiro atoms. The first-order valence-electron chi connectivity index (χ1n) is 6.15. The molecule has 1 aliphatic rings. The summed E-state index contributed by atoms with van der Waals surface area (Å²) >= 11 is 4.44. The number of carbonyl (C=O) groups is 1. The molecule has 0 aromatic heterocycles. The highest BCUT2D eigenvalue weighted by Crippen LogP contribution is 2.19. The SMILES string of the molecule is CCN1CCN(C(=O)CCC(C)(C)S)CC1. The molecule has 0 radical (unpaired) electrons. The fourth-order valence-corrected chi connectivity index (χ4v) is 2.00. The monoisotopic (exact) mass is 244 g/mol. The molecular formula is C12H24N2OS. The molecule has 1 rings (SSSR count). The van der Waals surface area contributed by atoms with E-state index >= 15 is 0 Å². The van der Waals surface area contributed by atoms with Gasteiger partial charge >= 0.3 is 0 Å². The van der Waals surface area contributed by atoms with E-state index in [1.807, 2.05) is 4.90 Å². The van der Waals surface area contributed by atoms with Crippen molar-refractivity contribution in [1.82, 2.24) is 9.80 Å². The highest BCUT2D eigenvalue weighted by molar-refractivity contribution is 7.81. The molecule has 1 amide bonds. The molecule has 1 aliphatic heterocycles. The number of likely N-dealkylation sites (N-methyl/N-ethyl adjacent to an activating group) is 1. The predicted molar refractivity (Wildman–Crippen MR) is 71.0 cm³/mol. The van der Waals surface area contributed by atoms with E-state index in [4.69, 9.17) is 0 Å². The molecule has 1 heterocycles. The van der Waals surface area contributed by atoms with Gasteiger partial charge in [-0.15, -0.1) is 0 Å². The minimum Gasteiger partial charge on any atom is -0.340 e. The first kappa shape index (κ1) is 13.8. The summed E-state index contributed by atoms with van der Waals surface area (Å²) in [4.78, 5) is 16.3. The van der Waals surface area contributed by atoms with Crippen molar-refractivity contribution in [3.8, 4) is 0 Å². The lowest BCUT2D eigenvalue weighted by Gasteiger charge is -2.34. The Morgan fingerprint density at radius 3 is 2.25 bits per heavy atom. The smallest absolute Gasteiger partial charge is 0.222 e. The van der Waals surface area contributed by atoms with Gasteiger partial charge in [0.05, 0.1) is 0 Å². The third kappa shape index (κ3) is 4.74. The van der Waals surface area contributed by atoms with E-state index in [0.717, 1.165) is 39.1 Å². The summed E-state index contributed by atoms with van der Waals surface area (Å²) < 4.78 is -0.0408. The highest BCUT2D eigenvalue weighted by Gasteiger charge is 2.21. The third-order valence-corrected chi connectivity index (χ3v) is 3.35. The maximum atomic E-state index is 11.9. The van der Waals surface area contributed by atoms with Crippen LogP contribution in [0, 0.1) is 0 Å². The summed E-state index contributed by atoms with van der Waals surface area (Å²) in [6.45, 7) is 11.2. The molecule has 94 valence electrons. The van der Waals surface area contributed by atoms with Crippen LogP contribution >= 0.6 is 12.6 Å². The molecule has 3 nitrogen and oxygen atoms in total. The Balaban J connectivity index is 2.28. The van der Waals surface area contributed by atoms with E-state index < -0.39 is 0 Å². The fourth-order valence-electron chi connectivity index (χ4n) is 1.88. The quantitative estimate of drug-likeness (QED) is 0.760. The van der Waals surface area contributed by atoms with Crippen molar-refractivity contribution < 1.29 is 4.79 Å². The summed E-state index contributed by atoms with van der Waals surface area (Å²) in [5, 5.41) is 0. The molecule has 0 unspecified atom stereocenters. The lowest BCUT2D eigenvalue weighted by molar-refractivity contribution is -0.133. The van der Waals surface area contributed by atoms with Gasteiger partial charge in [-0.2, -0.15) is 12.6 Å². The highest BCUT2D eigenvalue weighted by atomic mass is 32.1. The number of hydrogen-bond acceptors (Lipinski definition) is 3. The Hall–Kier alpha value is -0.220. The van der Waals surface area contributed by atoms with Crippen molar-refractivity contribution in [2.45, 2.75) is 38.4 Å². The van der Waals surface area contributed by atoms with E-state index in [2.05, 4.69) is 38.3 Å². The summed E-state index contributed by atoms with van der Waals surface area (Å²) in [6.07, 6.45) is 1.48. The van der Waals surface area contributed by atoms with E-state index in [1.165, 1.54) is 0 Å². The Kier molecular flexibility index (Phi) is 5.12. The zero-order chi connectivity index (χ0) is 12.2. The molecule has 0 saturated carbocycles. The number of amides is 1. The molecule has 4 heteroatoms. The summed E-state index contributed by atoms with van der Waals surface area (Å²) in [7, 11) is 0. The summed E-state index contributed by atoms with van der Waals surface area (Å²) in [5.74, 6) is 0.290. The van der Waals surface area contributed by atoms with Crippen molar-refractivity contribution in [1.29, 1.82) is 0 Å². The van der Waals surface area contributed by atoms with Gasteiger partial charge in [0.25, 0.3) is 0 Å². The number of piperazine rings is 1. The van der Waals surface area contributed by atoms with Crippen LogP contribution in [0.1, 0.15) is 33.6 Å². The van der Waals surface area contributed by atoms with Crippen LogP contribution in [0.15, 0.2) is 0 Å². The van der Waals surface area contributed by atoms with Gasteiger partial charge in [0.2, 0.25) is 5.91 Å². The fraction of sp³-hybridized carbons (Fsp3) is 0.917. The van der Waals surface area contributed by atoms with Crippen LogP contribution in [0.25, 0.3) is 0 Å². The normalized spacial score (nSPS) is 18.9. The molecule has 1 saturated heterocycles. The Bertz CT molecular complexity index is 230. The number of thiol groups is 1. The number of rotatable bonds is 4. The van der Waals surface area contributed by atoms with Gasteiger partial charge in [-0.25, -0.2) is 0 Å². The molecule has 0 aliphatic carbocycles. The Morgan fingerprint density at radius 1 is 1.25 bits per heavy atom. The Labute approximate surface area is 105 Å². The van der Waals surface area contributed by atoms with Crippen molar-refractivity contribution in [2.75, 3.05) is 32.7 Å². The number of carbonyl (C=O) groups excluding carboxylic acids is 1. The maximum Gasteiger partial charge on any atom is 0.222 e. The maximum absolute atomic E-state index is 11.9. The standard InChI is InChI=1S/C12H24N2OS/c1-4-13-7-9-14(10-8-13)11(15)5-6-12(2,3)16/h16H,4-10H2,1-3H3. The van der Waals surface area contributed by atoms with E-state index in [1.54, 1.807) is 0 Å². The Morgan fingerprint density at radius 2 is 1.81 bits per heavy atom. The zero-order valence-corrected chi connectivity index (χ0v) is 11.6. The second-order valence-corrected chi connectivity index (χ2v) is 6.34. The minimum atomic E-state index is -0.0408. The second-order valence-electron chi connectivity index (χ2n) is 5.13. The van der Waals surface area contributed by atoms with Crippen LogP contribution in [0.5, 0.6) is 0 Å². The number of hydrogen-bond donors (Lipinski definition) is 1. The lowest BCUT2D eigenvalue weighted by Crippen LogP contribution is -2.48. The van der Waals surface area contributed by atoms with Crippen molar-refractivity contribution in [3.05, 3.63) is 0 Å². The summed E-state index contributed by atoms with van der Waals surface area (Å²) in [5.41, 5.74) is 0. The number of nitrogens with zero attached hydrogens (tertiary/aromatic N) is 2. The zero-order valence-electron chi connectivity index (χ0n) is 10.7. The van der Waals surface area contributed by atoms with Gasteiger partial charge in [0.15, 0.2) is 0 Å². The van der Waals surface area contributed by atoms with E-state index in [0.29, 0.717) is 6.42 Å². The van der Waals surface area contributed by atoms with Crippen LogP contribution in [-0.4, -0.2) is 53.2 Å². The van der Waals surface area contributed by atoms with E-state index in [9.17, 15) is 4.79 Å². The van der Waals surface area contributed by atoms with Gasteiger partial charge in [-0.3, -0.25) is 4.79 Å². The first-order valence-corrected chi connectivity index (χ1v) is 6.59. The molecular weight excluding hydrogens is 220 g/mol. The molecule has 0 aromatic rings. The van der Waals surface area contributed by atoms with Gasteiger partial charge in [0.1, 0.15) is 0 Å². The van der Waals surface area contributed by atoms with Gasteiger partial charge in [-0.05, 0) is 13.0 Å². The molecule has 0 atom stereocenters. The molecule has 1 fully saturated rings. The molecule has 0 bridgehead atoms. The molecule has 0 N–H and O–H groups in total. The van der Waals surface area contributed by atoms with Gasteiger partial charge < -0.3 is 9.80 Å². The van der Waals surface area contributed by atoms with Gasteiger partial charge in [0, 0.05) is 37.3 Å². The van der Waals surface area contributed by atoms with Gasteiger partial charge in [-0.1, -0.05) is 20.8 Å². The van der Waals surface area contributed by atoms with Crippen molar-refractivity contribution >= 4 is 18.5 Å².